The Bertz CT molecular complexity index is 223. The molecule has 0 saturated heterocycles. The van der Waals surface area contributed by atoms with Crippen LogP contribution in [0.25, 0.3) is 0 Å². The van der Waals surface area contributed by atoms with Crippen LogP contribution in [0.3, 0.4) is 0 Å². The van der Waals surface area contributed by atoms with Crippen LogP contribution in [-0.4, -0.2) is 24.3 Å². The highest BCUT2D eigenvalue weighted by molar-refractivity contribution is 5.74. The molecular formula is C11H20O3. The summed E-state index contributed by atoms with van der Waals surface area (Å²) in [4.78, 5) is 11.2. The summed E-state index contributed by atoms with van der Waals surface area (Å²) in [6.45, 7) is 6.44. The van der Waals surface area contributed by atoms with Crippen molar-refractivity contribution < 1.29 is 14.6 Å². The van der Waals surface area contributed by atoms with Crippen molar-refractivity contribution >= 4 is 5.97 Å². The minimum absolute atomic E-state index is 0.0532. The van der Waals surface area contributed by atoms with Gasteiger partial charge in [-0.3, -0.25) is 0 Å². The maximum Gasteiger partial charge on any atom is 0.334 e. The average molecular weight is 200 g/mol. The van der Waals surface area contributed by atoms with Crippen molar-refractivity contribution in [2.24, 2.45) is 17.3 Å². The molecule has 0 bridgehead atoms. The average Bonchev–Trinajstić information content (AvgIpc) is 2.37. The van der Waals surface area contributed by atoms with Crippen molar-refractivity contribution in [3.63, 3.8) is 0 Å². The quantitative estimate of drug-likeness (QED) is 0.689. The first-order valence-electron chi connectivity index (χ1n) is 5.13. The van der Waals surface area contributed by atoms with Gasteiger partial charge in [-0.25, -0.2) is 4.79 Å². The fraction of sp³-hybridized carbons (Fsp3) is 0.909. The van der Waals surface area contributed by atoms with E-state index in [9.17, 15) is 9.90 Å². The zero-order chi connectivity index (χ0) is 10.9. The Hall–Kier alpha value is -0.570. The molecule has 0 aliphatic heterocycles. The van der Waals surface area contributed by atoms with Gasteiger partial charge in [0.05, 0.1) is 7.11 Å². The summed E-state index contributed by atoms with van der Waals surface area (Å²) in [5.41, 5.74) is 0.235. The van der Waals surface area contributed by atoms with E-state index in [1.54, 1.807) is 0 Å². The fourth-order valence-corrected chi connectivity index (χ4v) is 2.66. The third kappa shape index (κ3) is 2.27. The summed E-state index contributed by atoms with van der Waals surface area (Å²) in [5, 5.41) is 9.75. The molecule has 1 saturated carbocycles. The largest absolute Gasteiger partial charge is 0.467 e. The van der Waals surface area contributed by atoms with Gasteiger partial charge in [0.1, 0.15) is 0 Å². The summed E-state index contributed by atoms with van der Waals surface area (Å²) in [7, 11) is 1.32. The van der Waals surface area contributed by atoms with E-state index in [1.165, 1.54) is 7.11 Å². The van der Waals surface area contributed by atoms with Gasteiger partial charge in [0.25, 0.3) is 0 Å². The first-order valence-corrected chi connectivity index (χ1v) is 5.13. The van der Waals surface area contributed by atoms with E-state index in [2.05, 4.69) is 25.5 Å². The van der Waals surface area contributed by atoms with Crippen molar-refractivity contribution in [3.8, 4) is 0 Å². The van der Waals surface area contributed by atoms with Gasteiger partial charge in [-0.05, 0) is 30.1 Å². The van der Waals surface area contributed by atoms with Crippen LogP contribution in [0.5, 0.6) is 0 Å². The molecule has 3 unspecified atom stereocenters. The Morgan fingerprint density at radius 3 is 2.43 bits per heavy atom. The molecule has 3 atom stereocenters. The zero-order valence-corrected chi connectivity index (χ0v) is 9.41. The maximum atomic E-state index is 11.2. The number of esters is 1. The maximum absolute atomic E-state index is 11.2. The second-order valence-electron chi connectivity index (χ2n) is 5.18. The van der Waals surface area contributed by atoms with Gasteiger partial charge in [0.15, 0.2) is 6.10 Å². The Morgan fingerprint density at radius 1 is 1.50 bits per heavy atom. The molecule has 1 fully saturated rings. The number of methoxy groups -OCH3 is 1. The molecule has 0 amide bonds. The van der Waals surface area contributed by atoms with Crippen LogP contribution in [0.1, 0.15) is 33.6 Å². The van der Waals surface area contributed by atoms with E-state index in [4.69, 9.17) is 0 Å². The van der Waals surface area contributed by atoms with E-state index in [-0.39, 0.29) is 11.3 Å². The lowest BCUT2D eigenvalue weighted by molar-refractivity contribution is -0.154. The fourth-order valence-electron chi connectivity index (χ4n) is 2.66. The van der Waals surface area contributed by atoms with E-state index < -0.39 is 12.1 Å². The minimum Gasteiger partial charge on any atom is -0.467 e. The van der Waals surface area contributed by atoms with Gasteiger partial charge < -0.3 is 9.84 Å². The predicted molar refractivity (Wildman–Crippen MR) is 53.7 cm³/mol. The Kier molecular flexibility index (Phi) is 3.20. The number of carbonyl (C=O) groups is 1. The van der Waals surface area contributed by atoms with Crippen molar-refractivity contribution in [2.45, 2.75) is 39.7 Å². The van der Waals surface area contributed by atoms with Crippen LogP contribution >= 0.6 is 0 Å². The highest BCUT2D eigenvalue weighted by Gasteiger charge is 2.42. The molecule has 0 aromatic heterocycles. The summed E-state index contributed by atoms with van der Waals surface area (Å²) in [5.74, 6) is -0.0592. The number of hydrogen-bond donors (Lipinski definition) is 1. The smallest absolute Gasteiger partial charge is 0.334 e. The van der Waals surface area contributed by atoms with Crippen molar-refractivity contribution in [2.75, 3.05) is 7.11 Å². The number of rotatable bonds is 2. The van der Waals surface area contributed by atoms with E-state index >= 15 is 0 Å². The lowest BCUT2D eigenvalue weighted by Gasteiger charge is -2.20. The minimum atomic E-state index is -0.947. The molecule has 3 heteroatoms. The molecule has 14 heavy (non-hydrogen) atoms. The topological polar surface area (TPSA) is 46.5 Å². The predicted octanol–water partition coefficient (Wildman–Crippen LogP) is 1.59. The summed E-state index contributed by atoms with van der Waals surface area (Å²) < 4.78 is 4.55. The number of hydrogen-bond acceptors (Lipinski definition) is 3. The number of carbonyl (C=O) groups excluding carboxylic acids is 1. The van der Waals surface area contributed by atoms with Gasteiger partial charge >= 0.3 is 5.97 Å². The number of aliphatic hydroxyl groups is 1. The Morgan fingerprint density at radius 2 is 2.07 bits per heavy atom. The molecule has 0 spiro atoms. The second kappa shape index (κ2) is 3.89. The summed E-state index contributed by atoms with van der Waals surface area (Å²) in [6.07, 6.45) is 1.01. The standard InChI is InChI=1S/C11H20O3/c1-7-5-11(2,3)6-8(7)9(12)10(13)14-4/h7-9,12H,5-6H2,1-4H3. The molecule has 0 aromatic rings. The van der Waals surface area contributed by atoms with Gasteiger partial charge in [0.2, 0.25) is 0 Å². The molecule has 0 radical (unpaired) electrons. The third-order valence-corrected chi connectivity index (χ3v) is 3.24. The van der Waals surface area contributed by atoms with Crippen LogP contribution in [-0.2, 0) is 9.53 Å². The third-order valence-electron chi connectivity index (χ3n) is 3.24. The molecule has 82 valence electrons. The molecule has 0 aromatic carbocycles. The SMILES string of the molecule is COC(=O)C(O)C1CC(C)(C)CC1C. The number of aliphatic hydroxyl groups excluding tert-OH is 1. The molecule has 1 N–H and O–H groups in total. The van der Waals surface area contributed by atoms with Gasteiger partial charge in [0, 0.05) is 0 Å². The first kappa shape index (κ1) is 11.5. The zero-order valence-electron chi connectivity index (χ0n) is 9.41. The van der Waals surface area contributed by atoms with Crippen molar-refractivity contribution in [3.05, 3.63) is 0 Å². The molecule has 0 heterocycles. The molecule has 1 aliphatic carbocycles. The highest BCUT2D eigenvalue weighted by atomic mass is 16.5. The van der Waals surface area contributed by atoms with Gasteiger partial charge in [-0.15, -0.1) is 0 Å². The van der Waals surface area contributed by atoms with Crippen LogP contribution in [0.4, 0.5) is 0 Å². The first-order chi connectivity index (χ1) is 6.37. The lowest BCUT2D eigenvalue weighted by atomic mass is 9.89. The van der Waals surface area contributed by atoms with Gasteiger partial charge in [-0.2, -0.15) is 0 Å². The summed E-state index contributed by atoms with van der Waals surface area (Å²) in [6, 6.07) is 0. The van der Waals surface area contributed by atoms with Crippen molar-refractivity contribution in [1.29, 1.82) is 0 Å². The lowest BCUT2D eigenvalue weighted by Crippen LogP contribution is -2.32. The number of ether oxygens (including phenoxy) is 1. The monoisotopic (exact) mass is 200 g/mol. The molecule has 3 nitrogen and oxygen atoms in total. The van der Waals surface area contributed by atoms with Crippen molar-refractivity contribution in [1.82, 2.24) is 0 Å². The van der Waals surface area contributed by atoms with Crippen LogP contribution < -0.4 is 0 Å². The van der Waals surface area contributed by atoms with Crippen LogP contribution in [0, 0.1) is 17.3 Å². The highest BCUT2D eigenvalue weighted by Crippen LogP contribution is 2.46. The second-order valence-corrected chi connectivity index (χ2v) is 5.18. The van der Waals surface area contributed by atoms with E-state index in [0.717, 1.165) is 12.8 Å². The molecule has 1 rings (SSSR count). The summed E-state index contributed by atoms with van der Waals surface area (Å²) >= 11 is 0. The van der Waals surface area contributed by atoms with E-state index in [1.807, 2.05) is 0 Å². The normalized spacial score (nSPS) is 32.6. The molecular weight excluding hydrogens is 180 g/mol. The van der Waals surface area contributed by atoms with E-state index in [0.29, 0.717) is 5.92 Å². The Balaban J connectivity index is 2.66. The van der Waals surface area contributed by atoms with Crippen LogP contribution in [0.2, 0.25) is 0 Å². The molecule has 1 aliphatic rings. The van der Waals surface area contributed by atoms with Crippen LogP contribution in [0.15, 0.2) is 0 Å². The van der Waals surface area contributed by atoms with Gasteiger partial charge in [-0.1, -0.05) is 20.8 Å². The Labute approximate surface area is 85.5 Å².